The number of anilines is 3. The zero-order chi connectivity index (χ0) is 18.6. The number of benzene rings is 2. The first-order chi connectivity index (χ1) is 13.2. The van der Waals surface area contributed by atoms with Crippen LogP contribution in [0.1, 0.15) is 22.5 Å². The number of carbonyl (C=O) groups excluding carboxylic acids is 1. The van der Waals surface area contributed by atoms with Crippen molar-refractivity contribution >= 4 is 23.2 Å². The van der Waals surface area contributed by atoms with E-state index in [-0.39, 0.29) is 5.91 Å². The summed E-state index contributed by atoms with van der Waals surface area (Å²) >= 11 is 0. The molecule has 1 aromatic heterocycles. The van der Waals surface area contributed by atoms with Gasteiger partial charge in [-0.15, -0.1) is 0 Å². The van der Waals surface area contributed by atoms with Crippen molar-refractivity contribution in [1.82, 2.24) is 9.97 Å². The fourth-order valence-corrected chi connectivity index (χ4v) is 3.22. The maximum absolute atomic E-state index is 12.6. The van der Waals surface area contributed by atoms with Gasteiger partial charge in [-0.1, -0.05) is 18.2 Å². The Kier molecular flexibility index (Phi) is 4.70. The number of para-hydroxylation sites is 1. The molecule has 1 amide bonds. The van der Waals surface area contributed by atoms with Crippen molar-refractivity contribution in [3.63, 3.8) is 0 Å². The van der Waals surface area contributed by atoms with Crippen molar-refractivity contribution < 1.29 is 9.53 Å². The zero-order valence-electron chi connectivity index (χ0n) is 15.1. The van der Waals surface area contributed by atoms with Crippen molar-refractivity contribution in [3.05, 3.63) is 72.1 Å². The SMILES string of the molecule is COc1ccc(NC(=O)c2ccnc(N3CCCc4ccccc43)n2)cc1. The lowest BCUT2D eigenvalue weighted by molar-refractivity contribution is 0.102. The van der Waals surface area contributed by atoms with Crippen LogP contribution in [-0.2, 0) is 6.42 Å². The number of carbonyl (C=O) groups is 1. The molecule has 0 spiro atoms. The van der Waals surface area contributed by atoms with E-state index < -0.39 is 0 Å². The minimum atomic E-state index is -0.269. The summed E-state index contributed by atoms with van der Waals surface area (Å²) in [7, 11) is 1.61. The number of ether oxygens (including phenoxy) is 1. The second-order valence-corrected chi connectivity index (χ2v) is 6.31. The second-order valence-electron chi connectivity index (χ2n) is 6.31. The molecule has 6 nitrogen and oxygen atoms in total. The Morgan fingerprint density at radius 1 is 1.11 bits per heavy atom. The van der Waals surface area contributed by atoms with Crippen LogP contribution in [0, 0.1) is 0 Å². The molecule has 0 saturated carbocycles. The van der Waals surface area contributed by atoms with Crippen molar-refractivity contribution in [2.24, 2.45) is 0 Å². The summed E-state index contributed by atoms with van der Waals surface area (Å²) < 4.78 is 5.13. The van der Waals surface area contributed by atoms with Crippen molar-refractivity contribution in [2.45, 2.75) is 12.8 Å². The number of methoxy groups -OCH3 is 1. The zero-order valence-corrected chi connectivity index (χ0v) is 15.1. The summed E-state index contributed by atoms with van der Waals surface area (Å²) in [5.74, 6) is 1.01. The molecular formula is C21H20N4O2. The minimum Gasteiger partial charge on any atom is -0.497 e. The number of hydrogen-bond donors (Lipinski definition) is 1. The minimum absolute atomic E-state index is 0.269. The Morgan fingerprint density at radius 3 is 2.74 bits per heavy atom. The maximum atomic E-state index is 12.6. The van der Waals surface area contributed by atoms with Gasteiger partial charge in [-0.2, -0.15) is 0 Å². The predicted octanol–water partition coefficient (Wildman–Crippen LogP) is 3.82. The van der Waals surface area contributed by atoms with Crippen LogP contribution in [0.2, 0.25) is 0 Å². The average Bonchev–Trinajstić information content (AvgIpc) is 2.74. The topological polar surface area (TPSA) is 67.3 Å². The molecule has 0 atom stereocenters. The highest BCUT2D eigenvalue weighted by Crippen LogP contribution is 2.31. The molecule has 6 heteroatoms. The van der Waals surface area contributed by atoms with Crippen molar-refractivity contribution in [1.29, 1.82) is 0 Å². The van der Waals surface area contributed by atoms with E-state index in [1.165, 1.54) is 5.56 Å². The molecule has 2 heterocycles. The lowest BCUT2D eigenvalue weighted by atomic mass is 10.0. The van der Waals surface area contributed by atoms with Gasteiger partial charge >= 0.3 is 0 Å². The molecule has 27 heavy (non-hydrogen) atoms. The number of aromatic nitrogens is 2. The van der Waals surface area contributed by atoms with Crippen LogP contribution in [0.25, 0.3) is 0 Å². The first kappa shape index (κ1) is 17.0. The molecule has 1 aliphatic heterocycles. The molecule has 3 aromatic rings. The molecule has 0 bridgehead atoms. The fourth-order valence-electron chi connectivity index (χ4n) is 3.22. The van der Waals surface area contributed by atoms with E-state index >= 15 is 0 Å². The number of nitrogens with zero attached hydrogens (tertiary/aromatic N) is 3. The highest BCUT2D eigenvalue weighted by Gasteiger charge is 2.21. The first-order valence-electron chi connectivity index (χ1n) is 8.88. The van der Waals surface area contributed by atoms with Crippen molar-refractivity contribution in [2.75, 3.05) is 23.9 Å². The highest BCUT2D eigenvalue weighted by atomic mass is 16.5. The Labute approximate surface area is 157 Å². The standard InChI is InChI=1S/C21H20N4O2/c1-27-17-10-8-16(9-11-17)23-20(26)18-12-13-22-21(24-18)25-14-4-6-15-5-2-3-7-19(15)25/h2-3,5,7-13H,4,6,14H2,1H3,(H,23,26). The number of amides is 1. The van der Waals surface area contributed by atoms with Crippen LogP contribution in [0.3, 0.4) is 0 Å². The smallest absolute Gasteiger partial charge is 0.274 e. The van der Waals surface area contributed by atoms with Gasteiger partial charge in [0.2, 0.25) is 5.95 Å². The largest absolute Gasteiger partial charge is 0.497 e. The number of nitrogens with one attached hydrogen (secondary N) is 1. The lowest BCUT2D eigenvalue weighted by Gasteiger charge is -2.29. The molecule has 1 aliphatic rings. The quantitative estimate of drug-likeness (QED) is 0.766. The molecule has 0 aliphatic carbocycles. The van der Waals surface area contributed by atoms with Gasteiger partial charge in [-0.25, -0.2) is 9.97 Å². The summed E-state index contributed by atoms with van der Waals surface area (Å²) in [4.78, 5) is 23.6. The van der Waals surface area contributed by atoms with Crippen LogP contribution in [0.5, 0.6) is 5.75 Å². The van der Waals surface area contributed by atoms with E-state index in [2.05, 4.69) is 32.3 Å². The van der Waals surface area contributed by atoms with Crippen molar-refractivity contribution in [3.8, 4) is 5.75 Å². The predicted molar refractivity (Wildman–Crippen MR) is 105 cm³/mol. The Morgan fingerprint density at radius 2 is 1.93 bits per heavy atom. The summed E-state index contributed by atoms with van der Waals surface area (Å²) in [6.07, 6.45) is 3.70. The van der Waals surface area contributed by atoms with E-state index in [0.717, 1.165) is 30.8 Å². The van der Waals surface area contributed by atoms with Crippen LogP contribution < -0.4 is 15.0 Å². The van der Waals surface area contributed by atoms with Crippen LogP contribution >= 0.6 is 0 Å². The first-order valence-corrected chi connectivity index (χ1v) is 8.88. The molecule has 1 N–H and O–H groups in total. The van der Waals surface area contributed by atoms with E-state index in [1.54, 1.807) is 43.6 Å². The highest BCUT2D eigenvalue weighted by molar-refractivity contribution is 6.03. The number of rotatable bonds is 4. The van der Waals surface area contributed by atoms with Gasteiger partial charge in [0.25, 0.3) is 5.91 Å². The normalized spacial score (nSPS) is 13.0. The Balaban J connectivity index is 1.56. The molecule has 0 saturated heterocycles. The van der Waals surface area contributed by atoms with E-state index in [4.69, 9.17) is 4.74 Å². The van der Waals surface area contributed by atoms with Gasteiger partial charge in [0, 0.05) is 24.1 Å². The van der Waals surface area contributed by atoms with Gasteiger partial charge < -0.3 is 15.0 Å². The number of aryl methyl sites for hydroxylation is 1. The molecule has 4 rings (SSSR count). The van der Waals surface area contributed by atoms with Crippen LogP contribution in [0.4, 0.5) is 17.3 Å². The van der Waals surface area contributed by atoms with E-state index in [9.17, 15) is 4.79 Å². The summed E-state index contributed by atoms with van der Waals surface area (Å²) in [6.45, 7) is 0.834. The van der Waals surface area contributed by atoms with Gasteiger partial charge in [0.1, 0.15) is 11.4 Å². The van der Waals surface area contributed by atoms with Gasteiger partial charge in [-0.05, 0) is 54.8 Å². The van der Waals surface area contributed by atoms with Gasteiger partial charge in [-0.3, -0.25) is 4.79 Å². The second kappa shape index (κ2) is 7.45. The Hall–Kier alpha value is -3.41. The molecular weight excluding hydrogens is 340 g/mol. The molecule has 136 valence electrons. The molecule has 0 radical (unpaired) electrons. The van der Waals surface area contributed by atoms with Crippen LogP contribution in [0.15, 0.2) is 60.8 Å². The average molecular weight is 360 g/mol. The summed E-state index contributed by atoms with van der Waals surface area (Å²) in [6, 6.07) is 17.1. The van der Waals surface area contributed by atoms with Gasteiger partial charge in [0.05, 0.1) is 7.11 Å². The van der Waals surface area contributed by atoms with E-state index in [1.807, 2.05) is 12.1 Å². The fraction of sp³-hybridized carbons (Fsp3) is 0.190. The van der Waals surface area contributed by atoms with E-state index in [0.29, 0.717) is 17.3 Å². The molecule has 2 aromatic carbocycles. The number of hydrogen-bond acceptors (Lipinski definition) is 5. The molecule has 0 unspecified atom stereocenters. The number of fused-ring (bicyclic) bond motifs is 1. The van der Waals surface area contributed by atoms with Gasteiger partial charge in [0.15, 0.2) is 0 Å². The monoisotopic (exact) mass is 360 g/mol. The maximum Gasteiger partial charge on any atom is 0.274 e. The lowest BCUT2D eigenvalue weighted by Crippen LogP contribution is -2.27. The van der Waals surface area contributed by atoms with Crippen LogP contribution in [-0.4, -0.2) is 29.5 Å². The third-order valence-electron chi connectivity index (χ3n) is 4.58. The summed E-state index contributed by atoms with van der Waals surface area (Å²) in [5, 5.41) is 2.86. The Bertz CT molecular complexity index is 956. The summed E-state index contributed by atoms with van der Waals surface area (Å²) in [5.41, 5.74) is 3.40. The molecule has 0 fully saturated rings. The third-order valence-corrected chi connectivity index (χ3v) is 4.58. The third kappa shape index (κ3) is 3.60.